The number of nitrogens with one attached hydrogen (secondary N) is 1. The predicted molar refractivity (Wildman–Crippen MR) is 194 cm³/mol. The molecule has 0 radical (unpaired) electrons. The van der Waals surface area contributed by atoms with E-state index in [9.17, 15) is 19.4 Å². The van der Waals surface area contributed by atoms with Crippen LogP contribution >= 0.6 is 7.82 Å². The van der Waals surface area contributed by atoms with Crippen LogP contribution < -0.4 is 5.32 Å². The van der Waals surface area contributed by atoms with Crippen LogP contribution in [0.15, 0.2) is 12.2 Å². The Morgan fingerprint density at radius 1 is 0.717 bits per heavy atom. The van der Waals surface area contributed by atoms with Crippen molar-refractivity contribution in [1.29, 1.82) is 0 Å². The lowest BCUT2D eigenvalue weighted by molar-refractivity contribution is -0.870. The normalized spacial score (nSPS) is 14.8. The summed E-state index contributed by atoms with van der Waals surface area (Å²) in [7, 11) is 1.61. The minimum atomic E-state index is -4.30. The molecular formula is C37H76N2O6P+. The van der Waals surface area contributed by atoms with Crippen molar-refractivity contribution < 1.29 is 32.9 Å². The van der Waals surface area contributed by atoms with Crippen LogP contribution in [0, 0.1) is 0 Å². The Bertz CT molecular complexity index is 773. The molecule has 274 valence electrons. The first kappa shape index (κ1) is 45.2. The Morgan fingerprint density at radius 2 is 1.17 bits per heavy atom. The number of quaternary nitrogens is 1. The van der Waals surface area contributed by atoms with Crippen molar-refractivity contribution in [2.24, 2.45) is 0 Å². The third-order valence-corrected chi connectivity index (χ3v) is 9.50. The van der Waals surface area contributed by atoms with E-state index in [0.717, 1.165) is 51.4 Å². The van der Waals surface area contributed by atoms with Crippen molar-refractivity contribution in [2.75, 3.05) is 40.9 Å². The zero-order chi connectivity index (χ0) is 34.4. The van der Waals surface area contributed by atoms with Crippen molar-refractivity contribution in [3.63, 3.8) is 0 Å². The van der Waals surface area contributed by atoms with Crippen LogP contribution in [0.5, 0.6) is 0 Å². The fourth-order valence-electron chi connectivity index (χ4n) is 5.39. The largest absolute Gasteiger partial charge is 0.472 e. The number of hydrogen-bond acceptors (Lipinski definition) is 5. The molecule has 3 unspecified atom stereocenters. The molecule has 46 heavy (non-hydrogen) atoms. The van der Waals surface area contributed by atoms with Crippen LogP contribution in [0.1, 0.15) is 168 Å². The molecule has 0 aliphatic heterocycles. The number of phosphoric acid groups is 1. The molecule has 1 amide bonds. The fraction of sp³-hybridized carbons (Fsp3) is 0.919. The first-order valence-electron chi connectivity index (χ1n) is 19.1. The number of rotatable bonds is 34. The van der Waals surface area contributed by atoms with Gasteiger partial charge in [-0.1, -0.05) is 135 Å². The number of phosphoric ester groups is 1. The summed E-state index contributed by atoms with van der Waals surface area (Å²) in [6.45, 7) is 4.84. The smallest absolute Gasteiger partial charge is 0.391 e. The van der Waals surface area contributed by atoms with E-state index < -0.39 is 20.0 Å². The second kappa shape index (κ2) is 30.3. The molecule has 0 saturated carbocycles. The summed E-state index contributed by atoms with van der Waals surface area (Å²) in [4.78, 5) is 23.0. The molecule has 0 bridgehead atoms. The highest BCUT2D eigenvalue weighted by Gasteiger charge is 2.28. The highest BCUT2D eigenvalue weighted by atomic mass is 31.2. The number of carbonyl (C=O) groups is 1. The van der Waals surface area contributed by atoms with Gasteiger partial charge in [0.25, 0.3) is 0 Å². The molecule has 0 aromatic rings. The molecule has 9 heteroatoms. The maximum absolute atomic E-state index is 12.8. The van der Waals surface area contributed by atoms with E-state index in [4.69, 9.17) is 9.05 Å². The van der Waals surface area contributed by atoms with Gasteiger partial charge in [0, 0.05) is 6.42 Å². The number of nitrogens with zero attached hydrogens (tertiary/aromatic N) is 1. The Kier molecular flexibility index (Phi) is 29.8. The number of hydrogen-bond donors (Lipinski definition) is 3. The molecule has 0 aromatic carbocycles. The van der Waals surface area contributed by atoms with E-state index in [1.807, 2.05) is 21.1 Å². The highest BCUT2D eigenvalue weighted by Crippen LogP contribution is 2.43. The van der Waals surface area contributed by atoms with Gasteiger partial charge in [-0.25, -0.2) is 4.57 Å². The summed E-state index contributed by atoms with van der Waals surface area (Å²) in [5.74, 6) is -0.156. The number of unbranched alkanes of at least 4 members (excludes halogenated alkanes) is 19. The molecule has 0 heterocycles. The first-order valence-corrected chi connectivity index (χ1v) is 20.5. The van der Waals surface area contributed by atoms with E-state index in [2.05, 4.69) is 31.3 Å². The molecule has 0 fully saturated rings. The van der Waals surface area contributed by atoms with Crippen LogP contribution in [0.4, 0.5) is 0 Å². The SMILES string of the molecule is CCCCCCC/C=C\CCCCCCCC(=O)NC(COP(=O)(O)OCC[N+](C)(C)C)C(O)CCCCCCCCCCCC. The van der Waals surface area contributed by atoms with E-state index in [1.54, 1.807) is 0 Å². The number of likely N-dealkylation sites (N-methyl/N-ethyl adjacent to an activating group) is 1. The Hall–Kier alpha value is -0.760. The minimum absolute atomic E-state index is 0.0743. The molecule has 0 aliphatic rings. The van der Waals surface area contributed by atoms with Gasteiger partial charge in [-0.3, -0.25) is 13.8 Å². The molecule has 0 spiro atoms. The molecule has 0 aromatic heterocycles. The standard InChI is InChI=1S/C37H75N2O6P/c1-6-8-10-12-14-16-18-19-20-21-23-25-27-29-31-37(41)38-35(34-45-46(42,43)44-33-32-39(3,4)5)36(40)30-28-26-24-22-17-15-13-11-9-7-2/h18-19,35-36,40H,6-17,20-34H2,1-5H3,(H-,38,41,42,43)/p+1/b19-18-. The summed E-state index contributed by atoms with van der Waals surface area (Å²) in [5, 5.41) is 13.8. The van der Waals surface area contributed by atoms with Crippen molar-refractivity contribution in [3.8, 4) is 0 Å². The van der Waals surface area contributed by atoms with E-state index in [0.29, 0.717) is 23.9 Å². The molecule has 3 atom stereocenters. The highest BCUT2D eigenvalue weighted by molar-refractivity contribution is 7.47. The number of aliphatic hydroxyl groups excluding tert-OH is 1. The van der Waals surface area contributed by atoms with Gasteiger partial charge in [0.05, 0.1) is 39.9 Å². The van der Waals surface area contributed by atoms with Crippen molar-refractivity contribution in [3.05, 3.63) is 12.2 Å². The minimum Gasteiger partial charge on any atom is -0.391 e. The summed E-state index contributed by atoms with van der Waals surface area (Å²) >= 11 is 0. The zero-order valence-corrected chi connectivity index (χ0v) is 31.7. The topological polar surface area (TPSA) is 105 Å². The van der Waals surface area contributed by atoms with Gasteiger partial charge in [-0.2, -0.15) is 0 Å². The van der Waals surface area contributed by atoms with Crippen LogP contribution in [0.3, 0.4) is 0 Å². The van der Waals surface area contributed by atoms with Crippen LogP contribution in [-0.4, -0.2) is 73.4 Å². The third-order valence-electron chi connectivity index (χ3n) is 8.51. The summed E-state index contributed by atoms with van der Waals surface area (Å²) in [6.07, 6.45) is 30.8. The van der Waals surface area contributed by atoms with Gasteiger partial charge < -0.3 is 19.8 Å². The van der Waals surface area contributed by atoms with E-state index >= 15 is 0 Å². The van der Waals surface area contributed by atoms with E-state index in [-0.39, 0.29) is 19.1 Å². The maximum atomic E-state index is 12.8. The average Bonchev–Trinajstić information content (AvgIpc) is 2.99. The predicted octanol–water partition coefficient (Wildman–Crippen LogP) is 9.63. The van der Waals surface area contributed by atoms with Gasteiger partial charge in [0.15, 0.2) is 0 Å². The van der Waals surface area contributed by atoms with Crippen molar-refractivity contribution >= 4 is 13.7 Å². The molecule has 8 nitrogen and oxygen atoms in total. The number of carbonyl (C=O) groups excluding carboxylic acids is 1. The van der Waals surface area contributed by atoms with Crippen LogP contribution in [-0.2, 0) is 18.4 Å². The quantitative estimate of drug-likeness (QED) is 0.0272. The lowest BCUT2D eigenvalue weighted by Gasteiger charge is -2.26. The number of amides is 1. The van der Waals surface area contributed by atoms with Gasteiger partial charge in [-0.15, -0.1) is 0 Å². The monoisotopic (exact) mass is 676 g/mol. The van der Waals surface area contributed by atoms with Crippen molar-refractivity contribution in [1.82, 2.24) is 5.32 Å². The van der Waals surface area contributed by atoms with Crippen molar-refractivity contribution in [2.45, 2.75) is 180 Å². The Labute approximate surface area is 284 Å². The molecule has 0 saturated heterocycles. The van der Waals surface area contributed by atoms with Gasteiger partial charge in [0.2, 0.25) is 5.91 Å². The number of allylic oxidation sites excluding steroid dienone is 2. The van der Waals surface area contributed by atoms with Gasteiger partial charge >= 0.3 is 7.82 Å². The Balaban J connectivity index is 4.46. The second-order valence-corrected chi connectivity index (χ2v) is 15.8. The lowest BCUT2D eigenvalue weighted by Crippen LogP contribution is -2.46. The maximum Gasteiger partial charge on any atom is 0.472 e. The summed E-state index contributed by atoms with van der Waals surface area (Å²) < 4.78 is 23.5. The Morgan fingerprint density at radius 3 is 1.67 bits per heavy atom. The summed E-state index contributed by atoms with van der Waals surface area (Å²) in [5.41, 5.74) is 0. The van der Waals surface area contributed by atoms with Crippen LogP contribution in [0.25, 0.3) is 0 Å². The summed E-state index contributed by atoms with van der Waals surface area (Å²) in [6, 6.07) is -0.757. The number of aliphatic hydroxyl groups is 1. The average molecular weight is 676 g/mol. The molecular weight excluding hydrogens is 599 g/mol. The second-order valence-electron chi connectivity index (χ2n) is 14.3. The lowest BCUT2D eigenvalue weighted by atomic mass is 10.0. The van der Waals surface area contributed by atoms with Gasteiger partial charge in [0.1, 0.15) is 13.2 Å². The molecule has 0 aliphatic carbocycles. The molecule has 0 rings (SSSR count). The fourth-order valence-corrected chi connectivity index (χ4v) is 6.13. The van der Waals surface area contributed by atoms with Gasteiger partial charge in [-0.05, 0) is 38.5 Å². The van der Waals surface area contributed by atoms with Crippen LogP contribution in [0.2, 0.25) is 0 Å². The first-order chi connectivity index (χ1) is 22.0. The third kappa shape index (κ3) is 31.8. The van der Waals surface area contributed by atoms with E-state index in [1.165, 1.54) is 89.9 Å². The molecule has 3 N–H and O–H groups in total. The zero-order valence-electron chi connectivity index (χ0n) is 30.8.